The summed E-state index contributed by atoms with van der Waals surface area (Å²) in [5.74, 6) is 0. The first kappa shape index (κ1) is 60.4. The van der Waals surface area contributed by atoms with Crippen LogP contribution in [0, 0.1) is 0 Å². The van der Waals surface area contributed by atoms with E-state index in [-0.39, 0.29) is 0 Å². The molecule has 0 aliphatic carbocycles. The molecule has 0 spiro atoms. The van der Waals surface area contributed by atoms with E-state index in [1.165, 1.54) is 116 Å². The quantitative estimate of drug-likeness (QED) is 0.0434. The fraction of sp³-hybridized carbons (Fsp3) is 1.00. The average Bonchev–Trinajstić information content (AvgIpc) is 3.23. The van der Waals surface area contributed by atoms with Crippen molar-refractivity contribution < 1.29 is 0 Å². The van der Waals surface area contributed by atoms with Crippen LogP contribution in [0.15, 0.2) is 0 Å². The first-order chi connectivity index (χ1) is 28.4. The zero-order valence-electron chi connectivity index (χ0n) is 42.8. The molecule has 0 aromatic rings. The Morgan fingerprint density at radius 3 is 0.397 bits per heavy atom. The maximum atomic E-state index is 4.37. The van der Waals surface area contributed by atoms with Gasteiger partial charge in [-0.3, -0.25) is 0 Å². The summed E-state index contributed by atoms with van der Waals surface area (Å²) in [5, 5.41) is 0. The zero-order valence-corrected chi connectivity index (χ0v) is 51.3. The van der Waals surface area contributed by atoms with Crippen molar-refractivity contribution >= 4 is 56.0 Å². The minimum absolute atomic E-state index is 1.41. The van der Waals surface area contributed by atoms with E-state index >= 15 is 0 Å². The summed E-state index contributed by atoms with van der Waals surface area (Å²) in [7, 11) is 0. The van der Waals surface area contributed by atoms with E-state index in [2.05, 4.69) is 61.9 Å². The second-order valence-corrected chi connectivity index (χ2v) is 68.9. The third-order valence-electron chi connectivity index (χ3n) is 14.9. The van der Waals surface area contributed by atoms with E-state index in [1.54, 1.807) is 156 Å². The molecule has 0 fully saturated rings. The fourth-order valence-corrected chi connectivity index (χ4v) is 152. The molecule has 58 heavy (non-hydrogen) atoms. The summed E-state index contributed by atoms with van der Waals surface area (Å²) < 4.78 is 20.5. The number of hydrogen-bond acceptors (Lipinski definition) is 1. The van der Waals surface area contributed by atoms with Gasteiger partial charge in [0.2, 0.25) is 0 Å². The van der Waals surface area contributed by atoms with Crippen molar-refractivity contribution in [2.75, 3.05) is 0 Å². The first-order valence-corrected chi connectivity index (χ1v) is 50.2. The van der Waals surface area contributed by atoms with Crippen molar-refractivity contribution in [3.05, 3.63) is 0 Å². The Kier molecular flexibility index (Phi) is 45.0. The molecule has 0 rings (SSSR count). The molecule has 1 nitrogen and oxygen atoms in total. The molecule has 0 unspecified atom stereocenters. The van der Waals surface area contributed by atoms with Crippen molar-refractivity contribution in [3.63, 3.8) is 0 Å². The molecule has 0 aliphatic rings. The summed E-state index contributed by atoms with van der Waals surface area (Å²) in [6.45, 7) is 22.3. The van der Waals surface area contributed by atoms with Crippen LogP contribution in [0.1, 0.15) is 293 Å². The van der Waals surface area contributed by atoms with Crippen molar-refractivity contribution in [1.82, 2.24) is -0.435 Å². The summed E-state index contributed by atoms with van der Waals surface area (Å²) in [4.78, 5) is 0. The van der Waals surface area contributed by atoms with Gasteiger partial charge in [0, 0.05) is 0 Å². The molecular weight excluding hydrogens is 1020 g/mol. The van der Waals surface area contributed by atoms with Gasteiger partial charge in [-0.25, -0.2) is 0 Å². The van der Waals surface area contributed by atoms with Gasteiger partial charge in [0.15, 0.2) is 0 Å². The van der Waals surface area contributed by atoms with Crippen LogP contribution in [-0.4, -0.2) is 55.5 Å². The molecule has 0 saturated heterocycles. The summed E-state index contributed by atoms with van der Waals surface area (Å²) >= 11 is -8.69. The van der Waals surface area contributed by atoms with Crippen molar-refractivity contribution in [2.24, 2.45) is 0 Å². The Morgan fingerprint density at radius 1 is 0.172 bits per heavy atom. The fourth-order valence-electron chi connectivity index (χ4n) is 11.6. The Morgan fingerprint density at radius 2 is 0.293 bits per heavy atom. The van der Waals surface area contributed by atoms with Gasteiger partial charge in [-0.05, 0) is 0 Å². The van der Waals surface area contributed by atoms with Crippen LogP contribution in [0.2, 0.25) is 39.9 Å². The van der Waals surface area contributed by atoms with Crippen LogP contribution in [0.3, 0.4) is 0 Å². The Labute approximate surface area is 385 Å². The number of nitrogens with zero attached hydrogens (tertiary/aromatic N) is 1. The number of hydrogen-bond donors (Lipinski definition) is 0. The topological polar surface area (TPSA) is 3.24 Å². The van der Waals surface area contributed by atoms with E-state index < -0.39 is 56.0 Å². The standard InChI is InChI=1S/9C6H13.N.3Sn/c9*1-3-5-6-4-2;;;;/h9*1,3-6H2,2H3;;;;. The molecular formula is C54H117NSn3. The van der Waals surface area contributed by atoms with Gasteiger partial charge in [0.1, 0.15) is 0 Å². The molecule has 0 radical (unpaired) electrons. The van der Waals surface area contributed by atoms with E-state index in [0.29, 0.717) is 0 Å². The zero-order chi connectivity index (χ0) is 42.9. The van der Waals surface area contributed by atoms with E-state index in [0.717, 1.165) is 0 Å². The van der Waals surface area contributed by atoms with Gasteiger partial charge < -0.3 is 0 Å². The normalized spacial score (nSPS) is 12.7. The molecule has 0 heterocycles. The van der Waals surface area contributed by atoms with E-state index in [1.807, 2.05) is 0 Å². The molecule has 0 atom stereocenters. The second kappa shape index (κ2) is 43.3. The van der Waals surface area contributed by atoms with Gasteiger partial charge in [0.25, 0.3) is 0 Å². The number of unbranched alkanes of at least 4 members (excludes halogenated alkanes) is 27. The summed E-state index contributed by atoms with van der Waals surface area (Å²) in [6, 6.07) is 0. The molecule has 4 heteroatoms. The average molecular weight is 1140 g/mol. The van der Waals surface area contributed by atoms with Crippen molar-refractivity contribution in [1.29, 1.82) is 0 Å². The number of rotatable bonds is 48. The maximum absolute atomic E-state index is 4.37. The molecule has 0 aromatic heterocycles. The van der Waals surface area contributed by atoms with Crippen LogP contribution in [0.5, 0.6) is 0 Å². The third-order valence-corrected chi connectivity index (χ3v) is 110. The van der Waals surface area contributed by atoms with Crippen molar-refractivity contribution in [3.8, 4) is 0 Å². The SMILES string of the molecule is CCCCC[CH2][Sn]([CH2]CCCCC)([CH2]CCCCC)[N]([Sn]([CH2]CCCCC)([CH2]CCCCC)[CH2]CCCCC)[Sn]([CH2]CCCCC)([CH2]CCCCC)[CH2]CCCCC. The predicted octanol–water partition coefficient (Wildman–Crippen LogP) is 21.3. The van der Waals surface area contributed by atoms with Crippen LogP contribution >= 0.6 is 0 Å². The van der Waals surface area contributed by atoms with Crippen LogP contribution in [-0.2, 0) is 0 Å². The van der Waals surface area contributed by atoms with Crippen LogP contribution in [0.25, 0.3) is 0 Å². The molecule has 0 bridgehead atoms. The van der Waals surface area contributed by atoms with Gasteiger partial charge >= 0.3 is 389 Å². The Balaban J connectivity index is 8.49. The third kappa shape index (κ3) is 27.6. The summed E-state index contributed by atoms with van der Waals surface area (Å²) in [6.07, 6.45) is 54.6. The van der Waals surface area contributed by atoms with Gasteiger partial charge in [-0.15, -0.1) is 0 Å². The van der Waals surface area contributed by atoms with Gasteiger partial charge in [-0.2, -0.15) is 0 Å². The van der Waals surface area contributed by atoms with Gasteiger partial charge in [0.05, 0.1) is 0 Å². The van der Waals surface area contributed by atoms with E-state index in [4.69, 9.17) is 0 Å². The Bertz CT molecular complexity index is 618. The van der Waals surface area contributed by atoms with E-state index in [9.17, 15) is 0 Å². The van der Waals surface area contributed by atoms with Crippen LogP contribution in [0.4, 0.5) is 0 Å². The first-order valence-electron chi connectivity index (χ1n) is 28.2. The van der Waals surface area contributed by atoms with Gasteiger partial charge in [-0.1, -0.05) is 0 Å². The molecule has 0 amide bonds. The van der Waals surface area contributed by atoms with Crippen molar-refractivity contribution in [2.45, 2.75) is 333 Å². The Hall–Kier alpha value is 2.36. The summed E-state index contributed by atoms with van der Waals surface area (Å²) in [5.41, 5.74) is 0. The minimum atomic E-state index is -2.90. The van der Waals surface area contributed by atoms with Crippen LogP contribution < -0.4 is 0 Å². The monoisotopic (exact) mass is 1140 g/mol. The molecule has 0 aromatic carbocycles. The second-order valence-electron chi connectivity index (χ2n) is 20.3. The molecule has 0 saturated carbocycles. The molecule has 0 N–H and O–H groups in total. The molecule has 0 aliphatic heterocycles. The molecule has 350 valence electrons. The predicted molar refractivity (Wildman–Crippen MR) is 280 cm³/mol.